The third-order valence-corrected chi connectivity index (χ3v) is 8.51. The predicted molar refractivity (Wildman–Crippen MR) is 120 cm³/mol. The van der Waals surface area contributed by atoms with Gasteiger partial charge in [0.1, 0.15) is 0 Å². The first kappa shape index (κ1) is 23.7. The summed E-state index contributed by atoms with van der Waals surface area (Å²) in [6.07, 6.45) is 1.71. The lowest BCUT2D eigenvalue weighted by molar-refractivity contribution is -0.0134. The zero-order valence-corrected chi connectivity index (χ0v) is 19.6. The van der Waals surface area contributed by atoms with Crippen LogP contribution in [0, 0.1) is 12.3 Å². The smallest absolute Gasteiger partial charge is 0.179 e. The maximum Gasteiger partial charge on any atom is 0.179 e. The molecule has 170 valence electrons. The number of rotatable bonds is 9. The summed E-state index contributed by atoms with van der Waals surface area (Å²) in [4.78, 5) is 5.21. The number of morpholine rings is 1. The van der Waals surface area contributed by atoms with Crippen LogP contribution in [0.3, 0.4) is 0 Å². The number of sulfone groups is 1. The molecule has 2 aliphatic heterocycles. The molecule has 0 saturated carbocycles. The molecular formula is C23H38N2O4S. The van der Waals surface area contributed by atoms with Crippen molar-refractivity contribution in [3.8, 4) is 0 Å². The normalized spacial score (nSPS) is 21.2. The van der Waals surface area contributed by atoms with Gasteiger partial charge in [-0.1, -0.05) is 17.7 Å². The Morgan fingerprint density at radius 3 is 2.30 bits per heavy atom. The molecule has 1 aromatic rings. The van der Waals surface area contributed by atoms with Crippen molar-refractivity contribution in [3.05, 3.63) is 29.8 Å². The van der Waals surface area contributed by atoms with E-state index in [2.05, 4.69) is 23.6 Å². The summed E-state index contributed by atoms with van der Waals surface area (Å²) in [5.74, 6) is 0.159. The average molecular weight is 439 g/mol. The van der Waals surface area contributed by atoms with Crippen LogP contribution in [0.5, 0.6) is 0 Å². The van der Waals surface area contributed by atoms with Crippen LogP contribution in [0.1, 0.15) is 32.3 Å². The molecule has 7 heteroatoms. The first-order chi connectivity index (χ1) is 14.3. The average Bonchev–Trinajstić information content (AvgIpc) is 2.72. The Labute approximate surface area is 182 Å². The van der Waals surface area contributed by atoms with Crippen LogP contribution in [-0.4, -0.2) is 89.2 Å². The molecule has 30 heavy (non-hydrogen) atoms. The molecule has 0 amide bonds. The summed E-state index contributed by atoms with van der Waals surface area (Å²) in [5.41, 5.74) is 0.750. The summed E-state index contributed by atoms with van der Waals surface area (Å²) >= 11 is 0. The van der Waals surface area contributed by atoms with Gasteiger partial charge in [0.15, 0.2) is 9.84 Å². The van der Waals surface area contributed by atoms with Crippen LogP contribution in [-0.2, 0) is 19.3 Å². The van der Waals surface area contributed by atoms with Crippen molar-refractivity contribution in [2.24, 2.45) is 5.41 Å². The summed E-state index contributed by atoms with van der Waals surface area (Å²) in [7, 11) is -3.36. The maximum absolute atomic E-state index is 13.2. The van der Waals surface area contributed by atoms with Gasteiger partial charge in [-0.2, -0.15) is 0 Å². The van der Waals surface area contributed by atoms with Gasteiger partial charge in [-0.25, -0.2) is 8.42 Å². The number of benzene rings is 1. The van der Waals surface area contributed by atoms with Crippen LogP contribution in [0.25, 0.3) is 0 Å². The second-order valence-electron chi connectivity index (χ2n) is 9.21. The largest absolute Gasteiger partial charge is 0.380 e. The molecule has 2 fully saturated rings. The Morgan fingerprint density at radius 1 is 1.07 bits per heavy atom. The van der Waals surface area contributed by atoms with Crippen molar-refractivity contribution in [1.29, 1.82) is 0 Å². The third kappa shape index (κ3) is 6.50. The highest BCUT2D eigenvalue weighted by molar-refractivity contribution is 7.91. The van der Waals surface area contributed by atoms with Crippen LogP contribution < -0.4 is 0 Å². The molecule has 0 aliphatic carbocycles. The van der Waals surface area contributed by atoms with Crippen LogP contribution in [0.4, 0.5) is 0 Å². The van der Waals surface area contributed by atoms with Crippen molar-refractivity contribution >= 4 is 9.84 Å². The number of ether oxygens (including phenoxy) is 2. The summed E-state index contributed by atoms with van der Waals surface area (Å²) in [5, 5.41) is 0. The van der Waals surface area contributed by atoms with Gasteiger partial charge in [0, 0.05) is 31.1 Å². The first-order valence-corrected chi connectivity index (χ1v) is 12.9. The Balaban J connectivity index is 1.64. The van der Waals surface area contributed by atoms with E-state index in [0.29, 0.717) is 24.2 Å². The number of piperidine rings is 1. The zero-order valence-electron chi connectivity index (χ0n) is 18.8. The summed E-state index contributed by atoms with van der Waals surface area (Å²) in [6.45, 7) is 13.7. The third-order valence-electron chi connectivity index (χ3n) is 6.53. The number of hydrogen-bond donors (Lipinski definition) is 0. The molecule has 6 nitrogen and oxygen atoms in total. The van der Waals surface area contributed by atoms with E-state index in [4.69, 9.17) is 9.47 Å². The minimum atomic E-state index is -3.36. The van der Waals surface area contributed by atoms with Crippen molar-refractivity contribution < 1.29 is 17.9 Å². The van der Waals surface area contributed by atoms with E-state index < -0.39 is 9.84 Å². The molecule has 3 rings (SSSR count). The molecule has 2 heterocycles. The fraction of sp³-hybridized carbons (Fsp3) is 0.739. The van der Waals surface area contributed by atoms with Gasteiger partial charge in [-0.05, 0) is 58.8 Å². The predicted octanol–water partition coefficient (Wildman–Crippen LogP) is 2.61. The number of likely N-dealkylation sites (tertiary alicyclic amines) is 1. The van der Waals surface area contributed by atoms with E-state index in [-0.39, 0.29) is 11.2 Å². The van der Waals surface area contributed by atoms with Crippen molar-refractivity contribution in [1.82, 2.24) is 9.80 Å². The Bertz CT molecular complexity index is 750. The van der Waals surface area contributed by atoms with Gasteiger partial charge in [-0.15, -0.1) is 0 Å². The molecule has 2 saturated heterocycles. The van der Waals surface area contributed by atoms with Gasteiger partial charge in [-0.3, -0.25) is 4.90 Å². The lowest BCUT2D eigenvalue weighted by atomic mass is 9.80. The quantitative estimate of drug-likeness (QED) is 0.553. The lowest BCUT2D eigenvalue weighted by Crippen LogP contribution is -2.48. The maximum atomic E-state index is 13.2. The molecule has 0 unspecified atom stereocenters. The molecule has 1 aromatic carbocycles. The number of nitrogens with zero attached hydrogens (tertiary/aromatic N) is 2. The van der Waals surface area contributed by atoms with E-state index in [1.54, 1.807) is 12.1 Å². The van der Waals surface area contributed by atoms with Gasteiger partial charge in [0.2, 0.25) is 0 Å². The molecule has 0 atom stereocenters. The summed E-state index contributed by atoms with van der Waals surface area (Å²) < 4.78 is 37.9. The molecule has 2 aliphatic rings. The molecular weight excluding hydrogens is 400 g/mol. The van der Waals surface area contributed by atoms with Crippen molar-refractivity contribution in [3.63, 3.8) is 0 Å². The van der Waals surface area contributed by atoms with Crippen LogP contribution in [0.15, 0.2) is 29.2 Å². The fourth-order valence-electron chi connectivity index (χ4n) is 4.38. The Kier molecular flexibility index (Phi) is 8.32. The van der Waals surface area contributed by atoms with Gasteiger partial charge in [0.25, 0.3) is 0 Å². The summed E-state index contributed by atoms with van der Waals surface area (Å²) in [6, 6.07) is 7.71. The Morgan fingerprint density at radius 2 is 1.70 bits per heavy atom. The van der Waals surface area contributed by atoms with E-state index in [9.17, 15) is 8.42 Å². The van der Waals surface area contributed by atoms with Crippen LogP contribution in [0.2, 0.25) is 0 Å². The Hall–Kier alpha value is -0.990. The van der Waals surface area contributed by atoms with Crippen molar-refractivity contribution in [2.45, 2.75) is 44.6 Å². The van der Waals surface area contributed by atoms with E-state index in [0.717, 1.165) is 64.3 Å². The van der Waals surface area contributed by atoms with E-state index in [1.165, 1.54) is 0 Å². The highest BCUT2D eigenvalue weighted by Crippen LogP contribution is 2.36. The van der Waals surface area contributed by atoms with Crippen LogP contribution >= 0.6 is 0 Å². The zero-order chi connectivity index (χ0) is 21.6. The second-order valence-corrected chi connectivity index (χ2v) is 11.2. The van der Waals surface area contributed by atoms with E-state index >= 15 is 0 Å². The molecule has 0 radical (unpaired) electrons. The number of hydrogen-bond acceptors (Lipinski definition) is 6. The van der Waals surface area contributed by atoms with E-state index in [1.807, 2.05) is 19.1 Å². The monoisotopic (exact) mass is 438 g/mol. The lowest BCUT2D eigenvalue weighted by Gasteiger charge is -2.43. The first-order valence-electron chi connectivity index (χ1n) is 11.2. The fourth-order valence-corrected chi connectivity index (χ4v) is 6.28. The number of aryl methyl sites for hydroxylation is 1. The standard InChI is InChI=1S/C23H38N2O4S/c1-20(2)25-10-8-23(9-11-25,18-29-17-14-24-12-15-28-16-13-24)19-30(26,27)22-6-4-21(3)5-7-22/h4-7,20H,8-19H2,1-3H3. The minimum absolute atomic E-state index is 0.159. The minimum Gasteiger partial charge on any atom is -0.380 e. The molecule has 0 aromatic heterocycles. The molecule has 0 N–H and O–H groups in total. The SMILES string of the molecule is Cc1ccc(S(=O)(=O)CC2(COCCN3CCOCC3)CCN(C(C)C)CC2)cc1. The van der Waals surface area contributed by atoms with Gasteiger partial charge < -0.3 is 14.4 Å². The highest BCUT2D eigenvalue weighted by atomic mass is 32.2. The van der Waals surface area contributed by atoms with Crippen molar-refractivity contribution in [2.75, 3.05) is 64.9 Å². The van der Waals surface area contributed by atoms with Gasteiger partial charge in [0.05, 0.1) is 37.1 Å². The second kappa shape index (κ2) is 10.6. The highest BCUT2D eigenvalue weighted by Gasteiger charge is 2.40. The molecule has 0 bridgehead atoms. The topological polar surface area (TPSA) is 59.1 Å². The molecule has 0 spiro atoms. The van der Waals surface area contributed by atoms with Gasteiger partial charge >= 0.3 is 0 Å².